The molecule has 0 saturated heterocycles. The van der Waals surface area contributed by atoms with Crippen molar-refractivity contribution in [2.45, 2.75) is 18.8 Å². The van der Waals surface area contributed by atoms with Crippen LogP contribution in [0.25, 0.3) is 0 Å². The molecule has 4 heteroatoms. The summed E-state index contributed by atoms with van der Waals surface area (Å²) in [5, 5.41) is 0. The van der Waals surface area contributed by atoms with E-state index in [1.807, 2.05) is 36.4 Å². The smallest absolute Gasteiger partial charge is 0.163 e. The first kappa shape index (κ1) is 16.4. The van der Waals surface area contributed by atoms with Crippen LogP contribution in [-0.4, -0.2) is 19.2 Å². The average molecular weight is 361 g/mol. The van der Waals surface area contributed by atoms with Crippen molar-refractivity contribution in [1.82, 2.24) is 0 Å². The molecule has 2 rings (SSSR count). The molecular formula is C18H17BrO3. The molecule has 0 heterocycles. The Labute approximate surface area is 138 Å². The Balaban J connectivity index is 2.25. The van der Waals surface area contributed by atoms with Crippen LogP contribution in [0.2, 0.25) is 0 Å². The summed E-state index contributed by atoms with van der Waals surface area (Å²) in [6.45, 7) is 0. The third-order valence-electron chi connectivity index (χ3n) is 3.54. The zero-order valence-electron chi connectivity index (χ0n) is 12.3. The minimum absolute atomic E-state index is 0.0130. The maximum absolute atomic E-state index is 12.5. The van der Waals surface area contributed by atoms with Gasteiger partial charge in [0.25, 0.3) is 0 Å². The van der Waals surface area contributed by atoms with E-state index in [9.17, 15) is 9.59 Å². The second kappa shape index (κ2) is 7.90. The second-order valence-electron chi connectivity index (χ2n) is 4.98. The molecule has 0 aliphatic rings. The summed E-state index contributed by atoms with van der Waals surface area (Å²) in [5.74, 6) is 0.538. The molecule has 0 fully saturated rings. The number of aldehydes is 1. The number of hydrogen-bond donors (Lipinski definition) is 0. The van der Waals surface area contributed by atoms with Gasteiger partial charge in [-0.05, 0) is 23.8 Å². The number of halogens is 1. The van der Waals surface area contributed by atoms with Crippen LogP contribution in [0, 0.1) is 0 Å². The van der Waals surface area contributed by atoms with Crippen molar-refractivity contribution in [1.29, 1.82) is 0 Å². The summed E-state index contributed by atoms with van der Waals surface area (Å²) < 4.78 is 6.21. The van der Waals surface area contributed by atoms with E-state index < -0.39 is 0 Å². The lowest BCUT2D eigenvalue weighted by Crippen LogP contribution is -2.09. The van der Waals surface area contributed by atoms with E-state index in [1.165, 1.54) is 0 Å². The molecule has 114 valence electrons. The van der Waals surface area contributed by atoms with E-state index in [-0.39, 0.29) is 18.1 Å². The average Bonchev–Trinajstić information content (AvgIpc) is 2.54. The SMILES string of the molecule is COc1ccccc1[C@@H](CC=O)CC(=O)c1cccc(Br)c1. The number of ketones is 1. The fraction of sp³-hybridized carbons (Fsp3) is 0.222. The van der Waals surface area contributed by atoms with Gasteiger partial charge in [-0.1, -0.05) is 46.3 Å². The Morgan fingerprint density at radius 1 is 1.23 bits per heavy atom. The van der Waals surface area contributed by atoms with Crippen LogP contribution in [-0.2, 0) is 4.79 Å². The summed E-state index contributed by atoms with van der Waals surface area (Å²) in [7, 11) is 1.59. The van der Waals surface area contributed by atoms with Gasteiger partial charge in [0.1, 0.15) is 12.0 Å². The molecule has 0 aliphatic carbocycles. The van der Waals surface area contributed by atoms with E-state index in [2.05, 4.69) is 15.9 Å². The zero-order valence-corrected chi connectivity index (χ0v) is 13.9. The normalized spacial score (nSPS) is 11.7. The Morgan fingerprint density at radius 3 is 2.68 bits per heavy atom. The van der Waals surface area contributed by atoms with E-state index in [0.29, 0.717) is 17.7 Å². The fourth-order valence-corrected chi connectivity index (χ4v) is 2.84. The molecule has 0 aliphatic heterocycles. The monoisotopic (exact) mass is 360 g/mol. The lowest BCUT2D eigenvalue weighted by Gasteiger charge is -2.17. The number of methoxy groups -OCH3 is 1. The van der Waals surface area contributed by atoms with Crippen LogP contribution in [0.4, 0.5) is 0 Å². The van der Waals surface area contributed by atoms with Gasteiger partial charge in [-0.2, -0.15) is 0 Å². The van der Waals surface area contributed by atoms with Crippen LogP contribution in [0.1, 0.15) is 34.7 Å². The number of ether oxygens (including phenoxy) is 1. The first-order chi connectivity index (χ1) is 10.7. The fourth-order valence-electron chi connectivity index (χ4n) is 2.44. The van der Waals surface area contributed by atoms with Gasteiger partial charge in [-0.3, -0.25) is 4.79 Å². The molecule has 0 aromatic heterocycles. The summed E-state index contributed by atoms with van der Waals surface area (Å²) in [4.78, 5) is 23.5. The standard InChI is InChI=1S/C18H17BrO3/c1-22-18-8-3-2-7-16(18)13(9-10-20)12-17(21)14-5-4-6-15(19)11-14/h2-8,10-11,13H,9,12H2,1H3/t13-/m0/s1. The Hall–Kier alpha value is -1.94. The summed E-state index contributed by atoms with van der Waals surface area (Å²) in [6.07, 6.45) is 1.42. The first-order valence-corrected chi connectivity index (χ1v) is 7.80. The van der Waals surface area contributed by atoms with E-state index in [4.69, 9.17) is 4.74 Å². The van der Waals surface area contributed by atoms with Gasteiger partial charge in [0, 0.05) is 28.8 Å². The lowest BCUT2D eigenvalue weighted by atomic mass is 9.89. The van der Waals surface area contributed by atoms with Crippen LogP contribution in [0.5, 0.6) is 5.75 Å². The maximum atomic E-state index is 12.5. The quantitative estimate of drug-likeness (QED) is 0.542. The highest BCUT2D eigenvalue weighted by Gasteiger charge is 2.20. The van der Waals surface area contributed by atoms with Crippen LogP contribution >= 0.6 is 15.9 Å². The number of Topliss-reactive ketones (excluding diaryl/α,β-unsaturated/α-hetero) is 1. The molecule has 0 N–H and O–H groups in total. The predicted octanol–water partition coefficient (Wildman–Crippen LogP) is 4.40. The number of para-hydroxylation sites is 1. The van der Waals surface area contributed by atoms with E-state index >= 15 is 0 Å². The van der Waals surface area contributed by atoms with Crippen molar-refractivity contribution in [3.05, 3.63) is 64.1 Å². The van der Waals surface area contributed by atoms with Gasteiger partial charge in [-0.25, -0.2) is 0 Å². The van der Waals surface area contributed by atoms with Crippen molar-refractivity contribution in [2.24, 2.45) is 0 Å². The third kappa shape index (κ3) is 4.04. The molecule has 0 bridgehead atoms. The van der Waals surface area contributed by atoms with Crippen molar-refractivity contribution >= 4 is 28.0 Å². The molecule has 0 amide bonds. The highest BCUT2D eigenvalue weighted by molar-refractivity contribution is 9.10. The first-order valence-electron chi connectivity index (χ1n) is 7.01. The van der Waals surface area contributed by atoms with E-state index in [0.717, 1.165) is 16.3 Å². The molecule has 2 aromatic carbocycles. The second-order valence-corrected chi connectivity index (χ2v) is 5.89. The van der Waals surface area contributed by atoms with Gasteiger partial charge >= 0.3 is 0 Å². The maximum Gasteiger partial charge on any atom is 0.163 e. The molecular weight excluding hydrogens is 344 g/mol. The topological polar surface area (TPSA) is 43.4 Å². The van der Waals surface area contributed by atoms with Gasteiger partial charge in [0.15, 0.2) is 5.78 Å². The van der Waals surface area contributed by atoms with Crippen molar-refractivity contribution in [3.63, 3.8) is 0 Å². The van der Waals surface area contributed by atoms with Crippen LogP contribution in [0.3, 0.4) is 0 Å². The number of rotatable bonds is 7. The molecule has 0 spiro atoms. The Kier molecular flexibility index (Phi) is 5.90. The summed E-state index contributed by atoms with van der Waals surface area (Å²) in [6, 6.07) is 14.8. The van der Waals surface area contributed by atoms with E-state index in [1.54, 1.807) is 19.2 Å². The van der Waals surface area contributed by atoms with Gasteiger partial charge in [0.2, 0.25) is 0 Å². The zero-order chi connectivity index (χ0) is 15.9. The number of benzene rings is 2. The Bertz CT molecular complexity index is 667. The molecule has 0 radical (unpaired) electrons. The van der Waals surface area contributed by atoms with Crippen molar-refractivity contribution in [2.75, 3.05) is 7.11 Å². The minimum atomic E-state index is -0.180. The number of carbonyl (C=O) groups excluding carboxylic acids is 2. The molecule has 3 nitrogen and oxygen atoms in total. The summed E-state index contributed by atoms with van der Waals surface area (Å²) in [5.41, 5.74) is 1.53. The van der Waals surface area contributed by atoms with Gasteiger partial charge in [-0.15, -0.1) is 0 Å². The molecule has 22 heavy (non-hydrogen) atoms. The van der Waals surface area contributed by atoms with Gasteiger partial charge in [0.05, 0.1) is 7.11 Å². The minimum Gasteiger partial charge on any atom is -0.496 e. The van der Waals surface area contributed by atoms with Gasteiger partial charge < -0.3 is 9.53 Å². The van der Waals surface area contributed by atoms with Crippen LogP contribution in [0.15, 0.2) is 53.0 Å². The molecule has 0 saturated carbocycles. The third-order valence-corrected chi connectivity index (χ3v) is 4.03. The largest absolute Gasteiger partial charge is 0.496 e. The molecule has 1 atom stereocenters. The van der Waals surface area contributed by atoms with Crippen LogP contribution < -0.4 is 4.74 Å². The number of hydrogen-bond acceptors (Lipinski definition) is 3. The number of carbonyl (C=O) groups is 2. The Morgan fingerprint density at radius 2 is 2.00 bits per heavy atom. The highest BCUT2D eigenvalue weighted by atomic mass is 79.9. The highest BCUT2D eigenvalue weighted by Crippen LogP contribution is 2.32. The lowest BCUT2D eigenvalue weighted by molar-refractivity contribution is -0.108. The van der Waals surface area contributed by atoms with Crippen molar-refractivity contribution < 1.29 is 14.3 Å². The predicted molar refractivity (Wildman–Crippen MR) is 89.5 cm³/mol. The summed E-state index contributed by atoms with van der Waals surface area (Å²) >= 11 is 3.37. The van der Waals surface area contributed by atoms with Crippen molar-refractivity contribution in [3.8, 4) is 5.75 Å². The molecule has 2 aromatic rings. The molecule has 0 unspecified atom stereocenters.